The van der Waals surface area contributed by atoms with Crippen LogP contribution in [0.4, 0.5) is 14.5 Å². The van der Waals surface area contributed by atoms with E-state index in [0.717, 1.165) is 12.1 Å². The number of carboxylic acid groups (broad SMARTS) is 1. The van der Waals surface area contributed by atoms with Crippen molar-refractivity contribution in [1.29, 1.82) is 0 Å². The van der Waals surface area contributed by atoms with E-state index in [1.807, 2.05) is 4.72 Å². The molecule has 0 amide bonds. The van der Waals surface area contributed by atoms with Gasteiger partial charge in [-0.2, -0.15) is 0 Å². The molecule has 0 radical (unpaired) electrons. The quantitative estimate of drug-likeness (QED) is 0.670. The molecule has 2 rings (SSSR count). The molecule has 10 heteroatoms. The fraction of sp³-hybridized carbons (Fsp3) is 0.474. The lowest BCUT2D eigenvalue weighted by Gasteiger charge is -2.29. The number of carbonyl (C=O) groups is 2. The minimum Gasteiger partial charge on any atom is -0.478 e. The zero-order valence-electron chi connectivity index (χ0n) is 16.2. The first kappa shape index (κ1) is 22.8. The van der Waals surface area contributed by atoms with Crippen LogP contribution in [0.3, 0.4) is 0 Å². The molecule has 2 atom stereocenters. The maximum atomic E-state index is 13.9. The first-order valence-corrected chi connectivity index (χ1v) is 10.5. The van der Waals surface area contributed by atoms with Crippen LogP contribution in [-0.2, 0) is 24.3 Å². The Labute approximate surface area is 167 Å². The van der Waals surface area contributed by atoms with Gasteiger partial charge in [-0.1, -0.05) is 26.8 Å². The first-order valence-electron chi connectivity index (χ1n) is 8.93. The summed E-state index contributed by atoms with van der Waals surface area (Å²) in [6, 6.07) is 2.37. The number of rotatable bonds is 6. The second kappa shape index (κ2) is 8.48. The number of ether oxygens (including phenoxy) is 1. The van der Waals surface area contributed by atoms with Gasteiger partial charge in [-0.15, -0.1) is 0 Å². The van der Waals surface area contributed by atoms with Crippen molar-refractivity contribution in [3.05, 3.63) is 41.5 Å². The van der Waals surface area contributed by atoms with Crippen LogP contribution in [0.25, 0.3) is 0 Å². The Hall–Kier alpha value is -2.49. The molecule has 0 aliphatic heterocycles. The predicted octanol–water partition coefficient (Wildman–Crippen LogP) is 3.23. The molecule has 0 heterocycles. The Kier molecular flexibility index (Phi) is 6.67. The lowest BCUT2D eigenvalue weighted by Crippen LogP contribution is -2.41. The van der Waals surface area contributed by atoms with Gasteiger partial charge in [-0.25, -0.2) is 26.8 Å². The van der Waals surface area contributed by atoms with Crippen molar-refractivity contribution in [2.24, 2.45) is 5.41 Å². The number of sulfonamides is 1. The summed E-state index contributed by atoms with van der Waals surface area (Å²) in [4.78, 5) is 24.1. The number of carboxylic acids is 1. The molecule has 0 fully saturated rings. The van der Waals surface area contributed by atoms with Gasteiger partial charge in [0.05, 0.1) is 11.3 Å². The highest BCUT2D eigenvalue weighted by Crippen LogP contribution is 2.30. The largest absolute Gasteiger partial charge is 0.478 e. The number of anilines is 1. The topological polar surface area (TPSA) is 110 Å². The Balaban J connectivity index is 2.29. The van der Waals surface area contributed by atoms with Crippen LogP contribution in [-0.4, -0.2) is 36.8 Å². The normalized spacial score (nSPS) is 18.5. The van der Waals surface area contributed by atoms with E-state index in [2.05, 4.69) is 0 Å². The van der Waals surface area contributed by atoms with Crippen molar-refractivity contribution in [3.8, 4) is 0 Å². The van der Waals surface area contributed by atoms with E-state index in [4.69, 9.17) is 4.74 Å². The van der Waals surface area contributed by atoms with E-state index in [1.165, 1.54) is 6.08 Å². The minimum absolute atomic E-state index is 0.0618. The second-order valence-corrected chi connectivity index (χ2v) is 9.70. The molecule has 2 N–H and O–H groups in total. The van der Waals surface area contributed by atoms with Gasteiger partial charge >= 0.3 is 11.9 Å². The fourth-order valence-corrected chi connectivity index (χ4v) is 4.57. The van der Waals surface area contributed by atoms with E-state index < -0.39 is 56.1 Å². The van der Waals surface area contributed by atoms with Crippen molar-refractivity contribution in [2.75, 3.05) is 4.72 Å². The van der Waals surface area contributed by atoms with Gasteiger partial charge in [0.1, 0.15) is 16.9 Å². The van der Waals surface area contributed by atoms with Gasteiger partial charge < -0.3 is 9.84 Å². The Morgan fingerprint density at radius 1 is 1.28 bits per heavy atom. The lowest BCUT2D eigenvalue weighted by molar-refractivity contribution is -0.169. The first-order chi connectivity index (χ1) is 13.3. The zero-order chi connectivity index (χ0) is 22.0. The number of hydrogen-bond acceptors (Lipinski definition) is 5. The minimum atomic E-state index is -4.29. The summed E-state index contributed by atoms with van der Waals surface area (Å²) in [5.41, 5.74) is -1.58. The summed E-state index contributed by atoms with van der Waals surface area (Å²) >= 11 is 0. The van der Waals surface area contributed by atoms with Crippen molar-refractivity contribution in [2.45, 2.75) is 51.4 Å². The smallest absolute Gasteiger partial charge is 0.345 e. The molecule has 0 aromatic heterocycles. The van der Waals surface area contributed by atoms with Crippen LogP contribution in [0.15, 0.2) is 29.8 Å². The molecule has 0 saturated carbocycles. The van der Waals surface area contributed by atoms with Crippen LogP contribution in [0.1, 0.15) is 40.0 Å². The van der Waals surface area contributed by atoms with Gasteiger partial charge in [0, 0.05) is 11.5 Å². The fourth-order valence-electron chi connectivity index (χ4n) is 2.95. The average molecular weight is 431 g/mol. The highest BCUT2D eigenvalue weighted by atomic mass is 32.2. The number of nitrogens with one attached hydrogen (secondary N) is 1. The third-order valence-corrected chi connectivity index (χ3v) is 6.15. The monoisotopic (exact) mass is 431 g/mol. The maximum Gasteiger partial charge on any atom is 0.345 e. The number of hydrogen-bond donors (Lipinski definition) is 2. The highest BCUT2D eigenvalue weighted by Gasteiger charge is 2.40. The van der Waals surface area contributed by atoms with E-state index in [1.54, 1.807) is 20.8 Å². The molecule has 2 unspecified atom stereocenters. The van der Waals surface area contributed by atoms with Crippen LogP contribution in [0.5, 0.6) is 0 Å². The Morgan fingerprint density at radius 2 is 1.93 bits per heavy atom. The molecule has 1 aliphatic rings. The maximum absolute atomic E-state index is 13.9. The zero-order valence-corrected chi connectivity index (χ0v) is 17.1. The van der Waals surface area contributed by atoms with Gasteiger partial charge in [-0.3, -0.25) is 4.72 Å². The number of benzene rings is 1. The van der Waals surface area contributed by atoms with Crippen LogP contribution < -0.4 is 4.72 Å². The molecule has 29 heavy (non-hydrogen) atoms. The van der Waals surface area contributed by atoms with Crippen LogP contribution >= 0.6 is 0 Å². The molecule has 7 nitrogen and oxygen atoms in total. The summed E-state index contributed by atoms with van der Waals surface area (Å²) < 4.78 is 59.6. The van der Waals surface area contributed by atoms with Crippen molar-refractivity contribution in [3.63, 3.8) is 0 Å². The van der Waals surface area contributed by atoms with Gasteiger partial charge in [0.2, 0.25) is 16.1 Å². The summed E-state index contributed by atoms with van der Waals surface area (Å²) in [5.74, 6) is -4.37. The SMILES string of the molecule is CC(C)(C)C(OC(=O)C1=CCCCC1S(=O)(=O)Nc1ccc(F)cc1F)C(=O)O. The van der Waals surface area contributed by atoms with E-state index in [-0.39, 0.29) is 12.0 Å². The molecule has 1 aromatic carbocycles. The van der Waals surface area contributed by atoms with Gasteiger partial charge in [0.25, 0.3) is 0 Å². The number of esters is 1. The number of aliphatic carboxylic acids is 1. The molecule has 0 saturated heterocycles. The number of halogens is 2. The Bertz CT molecular complexity index is 937. The van der Waals surface area contributed by atoms with Crippen molar-refractivity contribution in [1.82, 2.24) is 0 Å². The Morgan fingerprint density at radius 3 is 2.48 bits per heavy atom. The summed E-state index contributed by atoms with van der Waals surface area (Å²) in [7, 11) is -4.29. The van der Waals surface area contributed by atoms with E-state index in [0.29, 0.717) is 18.9 Å². The molecular formula is C19H23F2NO6S. The number of carbonyl (C=O) groups excluding carboxylic acids is 1. The van der Waals surface area contributed by atoms with Crippen LogP contribution in [0.2, 0.25) is 0 Å². The predicted molar refractivity (Wildman–Crippen MR) is 102 cm³/mol. The van der Waals surface area contributed by atoms with Gasteiger partial charge in [-0.05, 0) is 31.4 Å². The van der Waals surface area contributed by atoms with Gasteiger partial charge in [0.15, 0.2) is 0 Å². The van der Waals surface area contributed by atoms with Crippen LogP contribution in [0, 0.1) is 17.0 Å². The van der Waals surface area contributed by atoms with E-state index in [9.17, 15) is 31.9 Å². The lowest BCUT2D eigenvalue weighted by atomic mass is 9.89. The summed E-state index contributed by atoms with van der Waals surface area (Å²) in [6.07, 6.45) is 0.832. The van der Waals surface area contributed by atoms with Crippen molar-refractivity contribution >= 4 is 27.6 Å². The summed E-state index contributed by atoms with van der Waals surface area (Å²) in [5, 5.41) is 7.97. The average Bonchev–Trinajstić information content (AvgIpc) is 2.60. The summed E-state index contributed by atoms with van der Waals surface area (Å²) in [6.45, 7) is 4.71. The third kappa shape index (κ3) is 5.53. The molecular weight excluding hydrogens is 408 g/mol. The molecule has 1 aromatic rings. The molecule has 160 valence electrons. The van der Waals surface area contributed by atoms with E-state index >= 15 is 0 Å². The molecule has 1 aliphatic carbocycles. The third-order valence-electron chi connectivity index (χ3n) is 4.41. The highest BCUT2D eigenvalue weighted by molar-refractivity contribution is 7.93. The van der Waals surface area contributed by atoms with Crippen molar-refractivity contribution < 1.29 is 36.6 Å². The second-order valence-electron chi connectivity index (χ2n) is 7.84. The number of allylic oxidation sites excluding steroid dienone is 1. The molecule has 0 spiro atoms. The standard InChI is InChI=1S/C19H23F2NO6S/c1-19(2,3)16(17(23)24)28-18(25)12-6-4-5-7-15(12)29(26,27)22-14-9-8-11(20)10-13(14)21/h6,8-10,15-16,22H,4-5,7H2,1-3H3,(H,23,24). The molecule has 0 bridgehead atoms.